The lowest BCUT2D eigenvalue weighted by atomic mass is 10.0. The number of nitrogens with one attached hydrogen (secondary N) is 2. The summed E-state index contributed by atoms with van der Waals surface area (Å²) in [6.45, 7) is 0.768. The van der Waals surface area contributed by atoms with Crippen LogP contribution >= 0.6 is 11.8 Å². The number of halogens is 1. The summed E-state index contributed by atoms with van der Waals surface area (Å²) in [5, 5.41) is 4.85. The lowest BCUT2D eigenvalue weighted by Crippen LogP contribution is -2.41. The van der Waals surface area contributed by atoms with Crippen LogP contribution in [0.3, 0.4) is 0 Å². The first kappa shape index (κ1) is 22.1. The van der Waals surface area contributed by atoms with E-state index in [0.29, 0.717) is 38.5 Å². The standard InChI is InChI=1S/C23H25FN8O2S/c1-26-15-6-11(24)5-13-17-19(27-18(13)15)28-22(35-16-9-30(2)23(34)31(3)21(16)33)29-20(17)32-8-10-4-12(32)7-14(10)25/h5-6,9-10,12,14,26H,4,7-8,25H2,1-3H3,(H,27,28,29)/t10-,12-,14-/m1/s1. The highest BCUT2D eigenvalue weighted by atomic mass is 32.2. The summed E-state index contributed by atoms with van der Waals surface area (Å²) in [5.74, 6) is 0.732. The van der Waals surface area contributed by atoms with Gasteiger partial charge in [-0.05, 0) is 42.7 Å². The smallest absolute Gasteiger partial charge is 0.330 e. The van der Waals surface area contributed by atoms with Gasteiger partial charge in [-0.3, -0.25) is 9.36 Å². The quantitative estimate of drug-likeness (QED) is 0.365. The van der Waals surface area contributed by atoms with Crippen LogP contribution in [-0.2, 0) is 14.1 Å². The van der Waals surface area contributed by atoms with Crippen LogP contribution in [0.15, 0.2) is 38.0 Å². The molecule has 0 amide bonds. The van der Waals surface area contributed by atoms with E-state index in [4.69, 9.17) is 15.7 Å². The molecule has 182 valence electrons. The second kappa shape index (κ2) is 7.82. The van der Waals surface area contributed by atoms with E-state index in [1.54, 1.807) is 14.1 Å². The molecule has 2 aliphatic rings. The van der Waals surface area contributed by atoms with E-state index >= 15 is 0 Å². The van der Waals surface area contributed by atoms with Crippen LogP contribution in [0, 0.1) is 11.7 Å². The number of aryl methyl sites for hydroxylation is 1. The summed E-state index contributed by atoms with van der Waals surface area (Å²) in [7, 11) is 4.78. The maximum absolute atomic E-state index is 14.5. The molecule has 0 unspecified atom stereocenters. The highest BCUT2D eigenvalue weighted by Gasteiger charge is 2.44. The van der Waals surface area contributed by atoms with Crippen molar-refractivity contribution in [1.29, 1.82) is 0 Å². The summed E-state index contributed by atoms with van der Waals surface area (Å²) >= 11 is 1.11. The second-order valence-corrected chi connectivity index (χ2v) is 10.4. The Morgan fingerprint density at radius 3 is 2.71 bits per heavy atom. The van der Waals surface area contributed by atoms with Gasteiger partial charge in [0.25, 0.3) is 5.56 Å². The van der Waals surface area contributed by atoms with Gasteiger partial charge in [0, 0.05) is 51.4 Å². The van der Waals surface area contributed by atoms with Crippen LogP contribution in [0.4, 0.5) is 15.9 Å². The second-order valence-electron chi connectivity index (χ2n) is 9.36. The molecule has 1 aliphatic carbocycles. The Bertz CT molecular complexity index is 1620. The number of aromatic nitrogens is 5. The number of piperidine rings is 1. The number of fused-ring (bicyclic) bond motifs is 5. The molecule has 0 radical (unpaired) electrons. The molecule has 4 N–H and O–H groups in total. The summed E-state index contributed by atoms with van der Waals surface area (Å²) in [4.78, 5) is 40.4. The van der Waals surface area contributed by atoms with E-state index in [9.17, 15) is 14.0 Å². The third-order valence-electron chi connectivity index (χ3n) is 7.24. The van der Waals surface area contributed by atoms with Crippen molar-refractivity contribution < 1.29 is 4.39 Å². The van der Waals surface area contributed by atoms with Gasteiger partial charge in [-0.1, -0.05) is 0 Å². The molecule has 2 fully saturated rings. The Balaban J connectivity index is 1.57. The molecule has 1 aliphatic heterocycles. The van der Waals surface area contributed by atoms with Gasteiger partial charge in [-0.25, -0.2) is 19.2 Å². The predicted octanol–water partition coefficient (Wildman–Crippen LogP) is 1.77. The number of benzene rings is 1. The van der Waals surface area contributed by atoms with Crippen molar-refractivity contribution in [1.82, 2.24) is 24.1 Å². The van der Waals surface area contributed by atoms with E-state index in [-0.39, 0.29) is 17.9 Å². The molecule has 6 rings (SSSR count). The fourth-order valence-electron chi connectivity index (χ4n) is 5.47. The first-order valence-corrected chi connectivity index (χ1v) is 12.2. The van der Waals surface area contributed by atoms with Crippen LogP contribution < -0.4 is 27.2 Å². The molecule has 1 saturated carbocycles. The van der Waals surface area contributed by atoms with E-state index in [1.165, 1.54) is 29.9 Å². The zero-order valence-electron chi connectivity index (χ0n) is 19.5. The SMILES string of the molecule is CNc1cc(F)cc2c1[nH]c1nc(Sc3cn(C)c(=O)n(C)c3=O)nc(N3C[C@H]4C[C@@H]3C[C@H]4N)c12. The van der Waals surface area contributed by atoms with Gasteiger partial charge in [0.1, 0.15) is 17.3 Å². The number of hydrogen-bond donors (Lipinski definition) is 3. The third-order valence-corrected chi connectivity index (χ3v) is 8.10. The number of H-pyrrole nitrogens is 1. The van der Waals surface area contributed by atoms with Crippen molar-refractivity contribution in [3.05, 3.63) is 45.0 Å². The van der Waals surface area contributed by atoms with Crippen LogP contribution in [0.5, 0.6) is 0 Å². The van der Waals surface area contributed by atoms with Crippen molar-refractivity contribution >= 4 is 45.2 Å². The van der Waals surface area contributed by atoms with Crippen molar-refractivity contribution in [2.24, 2.45) is 25.7 Å². The summed E-state index contributed by atoms with van der Waals surface area (Å²) < 4.78 is 16.9. The van der Waals surface area contributed by atoms with Crippen molar-refractivity contribution in [2.75, 3.05) is 23.8 Å². The van der Waals surface area contributed by atoms with E-state index in [0.717, 1.165) is 46.6 Å². The van der Waals surface area contributed by atoms with Gasteiger partial charge in [0.05, 0.1) is 21.5 Å². The molecule has 4 heterocycles. The molecule has 0 spiro atoms. The molecular formula is C23H25FN8O2S. The van der Waals surface area contributed by atoms with Crippen LogP contribution in [0.2, 0.25) is 0 Å². The van der Waals surface area contributed by atoms with Crippen LogP contribution in [0.1, 0.15) is 12.8 Å². The zero-order valence-corrected chi connectivity index (χ0v) is 20.3. The van der Waals surface area contributed by atoms with E-state index in [2.05, 4.69) is 15.2 Å². The fraction of sp³-hybridized carbons (Fsp3) is 0.391. The average molecular weight is 497 g/mol. The Morgan fingerprint density at radius 1 is 1.23 bits per heavy atom. The minimum absolute atomic E-state index is 0.173. The summed E-state index contributed by atoms with van der Waals surface area (Å²) in [5.41, 5.74) is 7.40. The minimum atomic E-state index is -0.411. The first-order valence-electron chi connectivity index (χ1n) is 11.4. The minimum Gasteiger partial charge on any atom is -0.386 e. The Hall–Kier alpha value is -3.38. The Kier molecular flexibility index (Phi) is 4.94. The lowest BCUT2D eigenvalue weighted by Gasteiger charge is -2.31. The van der Waals surface area contributed by atoms with Crippen molar-refractivity contribution in [2.45, 2.75) is 35.0 Å². The number of hydrogen-bond acceptors (Lipinski definition) is 8. The maximum Gasteiger partial charge on any atom is 0.330 e. The Morgan fingerprint density at radius 2 is 2.03 bits per heavy atom. The highest BCUT2D eigenvalue weighted by Crippen LogP contribution is 2.44. The van der Waals surface area contributed by atoms with E-state index in [1.807, 2.05) is 0 Å². The Labute approximate surface area is 203 Å². The number of anilines is 2. The molecule has 3 aromatic heterocycles. The summed E-state index contributed by atoms with van der Waals surface area (Å²) in [6.07, 6.45) is 3.37. The number of nitrogens with two attached hydrogens (primary N) is 1. The zero-order chi connectivity index (χ0) is 24.6. The molecule has 10 nitrogen and oxygen atoms in total. The van der Waals surface area contributed by atoms with Crippen LogP contribution in [0.25, 0.3) is 21.9 Å². The molecule has 1 aromatic carbocycles. The van der Waals surface area contributed by atoms with Gasteiger partial charge < -0.3 is 25.5 Å². The number of rotatable bonds is 4. The lowest BCUT2D eigenvalue weighted by molar-refractivity contribution is 0.471. The molecule has 12 heteroatoms. The van der Waals surface area contributed by atoms with Gasteiger partial charge in [-0.15, -0.1) is 0 Å². The van der Waals surface area contributed by atoms with Gasteiger partial charge in [-0.2, -0.15) is 0 Å². The van der Waals surface area contributed by atoms with Gasteiger partial charge >= 0.3 is 5.69 Å². The first-order chi connectivity index (χ1) is 16.7. The molecule has 35 heavy (non-hydrogen) atoms. The van der Waals surface area contributed by atoms with Gasteiger partial charge in [0.15, 0.2) is 5.16 Å². The monoisotopic (exact) mass is 496 g/mol. The largest absolute Gasteiger partial charge is 0.386 e. The van der Waals surface area contributed by atoms with Gasteiger partial charge in [0.2, 0.25) is 0 Å². The highest BCUT2D eigenvalue weighted by molar-refractivity contribution is 7.99. The molecular weight excluding hydrogens is 471 g/mol. The topological polar surface area (TPSA) is 127 Å². The fourth-order valence-corrected chi connectivity index (χ4v) is 6.37. The van der Waals surface area contributed by atoms with Crippen LogP contribution in [-0.4, -0.2) is 49.8 Å². The average Bonchev–Trinajstić information content (AvgIpc) is 3.52. The van der Waals surface area contributed by atoms with Crippen molar-refractivity contribution in [3.63, 3.8) is 0 Å². The maximum atomic E-state index is 14.5. The molecule has 1 saturated heterocycles. The normalized spacial score (nSPS) is 21.5. The molecule has 3 atom stereocenters. The van der Waals surface area contributed by atoms with Crippen molar-refractivity contribution in [3.8, 4) is 0 Å². The third kappa shape index (κ3) is 3.34. The van der Waals surface area contributed by atoms with E-state index < -0.39 is 11.2 Å². The molecule has 4 aromatic rings. The predicted molar refractivity (Wildman–Crippen MR) is 134 cm³/mol. The molecule has 2 bridgehead atoms. The number of aromatic amines is 1. The summed E-state index contributed by atoms with van der Waals surface area (Å²) in [6, 6.07) is 3.36. The number of nitrogens with zero attached hydrogens (tertiary/aromatic N) is 5.